The maximum atomic E-state index is 11.8. The fraction of sp³-hybridized carbons (Fsp3) is 0.267. The fourth-order valence-corrected chi connectivity index (χ4v) is 2.46. The summed E-state index contributed by atoms with van der Waals surface area (Å²) in [6.45, 7) is 1.46. The molecular weight excluding hydrogens is 286 g/mol. The standard InChI is InChI=1S/C15H17N3O2S/c1-11(19)18(2)9-14(20)17-15-16-13(10-21-15)8-12-6-4-3-5-7-12/h3-7,10H,8-9H2,1-2H3,(H,16,17,20). The van der Waals surface area contributed by atoms with Gasteiger partial charge in [-0.1, -0.05) is 30.3 Å². The molecule has 2 amide bonds. The number of hydrogen-bond donors (Lipinski definition) is 1. The number of nitrogens with one attached hydrogen (secondary N) is 1. The molecule has 0 bridgehead atoms. The highest BCUT2D eigenvalue weighted by Gasteiger charge is 2.11. The van der Waals surface area contributed by atoms with Crippen molar-refractivity contribution in [2.24, 2.45) is 0 Å². The minimum atomic E-state index is -0.242. The van der Waals surface area contributed by atoms with Crippen LogP contribution < -0.4 is 5.32 Å². The molecule has 0 saturated heterocycles. The predicted molar refractivity (Wildman–Crippen MR) is 83.3 cm³/mol. The number of anilines is 1. The Kier molecular flexibility index (Phi) is 5.05. The van der Waals surface area contributed by atoms with Crippen LogP contribution in [0.25, 0.3) is 0 Å². The second-order valence-electron chi connectivity index (χ2n) is 4.73. The minimum Gasteiger partial charge on any atom is -0.337 e. The van der Waals surface area contributed by atoms with Gasteiger partial charge in [0.1, 0.15) is 0 Å². The molecule has 0 fully saturated rings. The Hall–Kier alpha value is -2.21. The summed E-state index contributed by atoms with van der Waals surface area (Å²) >= 11 is 1.39. The molecule has 1 N–H and O–H groups in total. The van der Waals surface area contributed by atoms with Crippen LogP contribution in [0.1, 0.15) is 18.2 Å². The molecule has 0 aliphatic rings. The number of thiazole rings is 1. The number of likely N-dealkylation sites (N-methyl/N-ethyl adjacent to an activating group) is 1. The quantitative estimate of drug-likeness (QED) is 0.920. The van der Waals surface area contributed by atoms with Gasteiger partial charge in [-0.3, -0.25) is 9.59 Å². The molecule has 0 radical (unpaired) electrons. The first-order valence-corrected chi connectivity index (χ1v) is 7.42. The largest absolute Gasteiger partial charge is 0.337 e. The van der Waals surface area contributed by atoms with Crippen LogP contribution in [0.3, 0.4) is 0 Å². The van der Waals surface area contributed by atoms with Gasteiger partial charge in [0, 0.05) is 25.8 Å². The molecule has 0 aliphatic heterocycles. The molecule has 1 aromatic carbocycles. The molecule has 0 saturated carbocycles. The van der Waals surface area contributed by atoms with Crippen LogP contribution in [0.2, 0.25) is 0 Å². The Morgan fingerprint density at radius 1 is 1.29 bits per heavy atom. The average molecular weight is 303 g/mol. The molecular formula is C15H17N3O2S. The first kappa shape index (κ1) is 15.2. The van der Waals surface area contributed by atoms with E-state index in [-0.39, 0.29) is 18.4 Å². The van der Waals surface area contributed by atoms with E-state index in [1.54, 1.807) is 7.05 Å². The fourth-order valence-electron chi connectivity index (χ4n) is 1.74. The van der Waals surface area contributed by atoms with Crippen molar-refractivity contribution in [3.8, 4) is 0 Å². The van der Waals surface area contributed by atoms with E-state index >= 15 is 0 Å². The Morgan fingerprint density at radius 2 is 2.00 bits per heavy atom. The average Bonchev–Trinajstić information content (AvgIpc) is 2.86. The van der Waals surface area contributed by atoms with Crippen molar-refractivity contribution in [1.82, 2.24) is 9.88 Å². The van der Waals surface area contributed by atoms with Crippen molar-refractivity contribution in [2.75, 3.05) is 18.9 Å². The summed E-state index contributed by atoms with van der Waals surface area (Å²) in [5.41, 5.74) is 2.10. The highest BCUT2D eigenvalue weighted by Crippen LogP contribution is 2.18. The number of amides is 2. The lowest BCUT2D eigenvalue weighted by atomic mass is 10.1. The first-order valence-electron chi connectivity index (χ1n) is 6.54. The van der Waals surface area contributed by atoms with Crippen molar-refractivity contribution in [3.63, 3.8) is 0 Å². The summed E-state index contributed by atoms with van der Waals surface area (Å²) in [6, 6.07) is 10.0. The molecule has 0 aliphatic carbocycles. The van der Waals surface area contributed by atoms with Gasteiger partial charge in [0.05, 0.1) is 12.2 Å². The van der Waals surface area contributed by atoms with E-state index in [1.165, 1.54) is 28.7 Å². The Bertz CT molecular complexity index is 625. The maximum absolute atomic E-state index is 11.8. The van der Waals surface area contributed by atoms with Gasteiger partial charge in [-0.2, -0.15) is 0 Å². The zero-order valence-corrected chi connectivity index (χ0v) is 12.8. The SMILES string of the molecule is CC(=O)N(C)CC(=O)Nc1nc(Cc2ccccc2)cs1. The maximum Gasteiger partial charge on any atom is 0.245 e. The lowest BCUT2D eigenvalue weighted by Gasteiger charge is -2.13. The van der Waals surface area contributed by atoms with E-state index in [4.69, 9.17) is 0 Å². The van der Waals surface area contributed by atoms with Crippen molar-refractivity contribution < 1.29 is 9.59 Å². The summed E-state index contributed by atoms with van der Waals surface area (Å²) in [7, 11) is 1.59. The number of carbonyl (C=O) groups excluding carboxylic acids is 2. The zero-order chi connectivity index (χ0) is 15.2. The van der Waals surface area contributed by atoms with Crippen LogP contribution in [0.15, 0.2) is 35.7 Å². The van der Waals surface area contributed by atoms with Crippen LogP contribution in [0, 0.1) is 0 Å². The van der Waals surface area contributed by atoms with Gasteiger partial charge < -0.3 is 10.2 Å². The van der Waals surface area contributed by atoms with Crippen molar-refractivity contribution >= 4 is 28.3 Å². The summed E-state index contributed by atoms with van der Waals surface area (Å²) in [4.78, 5) is 28.6. The van der Waals surface area contributed by atoms with Gasteiger partial charge in [-0.15, -0.1) is 11.3 Å². The van der Waals surface area contributed by atoms with Gasteiger partial charge in [-0.25, -0.2) is 4.98 Å². The Balaban J connectivity index is 1.91. The highest BCUT2D eigenvalue weighted by atomic mass is 32.1. The smallest absolute Gasteiger partial charge is 0.245 e. The second kappa shape index (κ2) is 6.99. The number of benzene rings is 1. The van der Waals surface area contributed by atoms with Gasteiger partial charge in [0.2, 0.25) is 11.8 Å². The highest BCUT2D eigenvalue weighted by molar-refractivity contribution is 7.13. The molecule has 2 aromatic rings. The van der Waals surface area contributed by atoms with Gasteiger partial charge in [0.25, 0.3) is 0 Å². The van der Waals surface area contributed by atoms with Gasteiger partial charge >= 0.3 is 0 Å². The normalized spacial score (nSPS) is 10.2. The molecule has 0 spiro atoms. The van der Waals surface area contributed by atoms with E-state index in [9.17, 15) is 9.59 Å². The molecule has 2 rings (SSSR count). The Morgan fingerprint density at radius 3 is 2.67 bits per heavy atom. The van der Waals surface area contributed by atoms with Crippen molar-refractivity contribution in [1.29, 1.82) is 0 Å². The third kappa shape index (κ3) is 4.68. The molecule has 1 aromatic heterocycles. The summed E-state index contributed by atoms with van der Waals surface area (Å²) in [5, 5.41) is 5.19. The topological polar surface area (TPSA) is 62.3 Å². The molecule has 110 valence electrons. The molecule has 1 heterocycles. The zero-order valence-electron chi connectivity index (χ0n) is 12.0. The third-order valence-corrected chi connectivity index (χ3v) is 3.75. The predicted octanol–water partition coefficient (Wildman–Crippen LogP) is 2.15. The molecule has 5 nitrogen and oxygen atoms in total. The van der Waals surface area contributed by atoms with E-state index in [2.05, 4.69) is 10.3 Å². The van der Waals surface area contributed by atoms with Crippen LogP contribution in [-0.2, 0) is 16.0 Å². The van der Waals surface area contributed by atoms with Crippen molar-refractivity contribution in [2.45, 2.75) is 13.3 Å². The van der Waals surface area contributed by atoms with Crippen molar-refractivity contribution in [3.05, 3.63) is 47.0 Å². The monoisotopic (exact) mass is 303 g/mol. The number of carbonyl (C=O) groups is 2. The van der Waals surface area contributed by atoms with Gasteiger partial charge in [-0.05, 0) is 5.56 Å². The lowest BCUT2D eigenvalue weighted by Crippen LogP contribution is -2.33. The summed E-state index contributed by atoms with van der Waals surface area (Å²) < 4.78 is 0. The number of hydrogen-bond acceptors (Lipinski definition) is 4. The van der Waals surface area contributed by atoms with Crippen LogP contribution in [0.4, 0.5) is 5.13 Å². The van der Waals surface area contributed by atoms with E-state index in [1.807, 2.05) is 35.7 Å². The summed E-state index contributed by atoms with van der Waals surface area (Å²) in [5.74, 6) is -0.387. The lowest BCUT2D eigenvalue weighted by molar-refractivity contribution is -0.131. The molecule has 0 unspecified atom stereocenters. The van der Waals surface area contributed by atoms with Crippen LogP contribution in [0.5, 0.6) is 0 Å². The second-order valence-corrected chi connectivity index (χ2v) is 5.59. The van der Waals surface area contributed by atoms with Gasteiger partial charge in [0.15, 0.2) is 5.13 Å². The Labute approximate surface area is 127 Å². The molecule has 21 heavy (non-hydrogen) atoms. The van der Waals surface area contributed by atoms with E-state index in [0.717, 1.165) is 12.1 Å². The third-order valence-electron chi connectivity index (χ3n) is 2.94. The number of rotatable bonds is 5. The van der Waals surface area contributed by atoms with Crippen LogP contribution in [-0.4, -0.2) is 35.3 Å². The minimum absolute atomic E-state index is 0.0307. The molecule has 0 atom stereocenters. The van der Waals surface area contributed by atoms with E-state index in [0.29, 0.717) is 5.13 Å². The number of nitrogens with zero attached hydrogens (tertiary/aromatic N) is 2. The van der Waals surface area contributed by atoms with Crippen LogP contribution >= 0.6 is 11.3 Å². The first-order chi connectivity index (χ1) is 10.0. The summed E-state index contributed by atoms with van der Waals surface area (Å²) in [6.07, 6.45) is 0.737. The number of aromatic nitrogens is 1. The molecule has 6 heteroatoms. The van der Waals surface area contributed by atoms with E-state index < -0.39 is 0 Å².